The fourth-order valence-corrected chi connectivity index (χ4v) is 2.22. The average molecular weight is 364 g/mol. The van der Waals surface area contributed by atoms with E-state index in [-0.39, 0.29) is 23.0 Å². The van der Waals surface area contributed by atoms with Crippen LogP contribution in [0.5, 0.6) is 23.0 Å². The Balaban J connectivity index is 2.16. The number of hydrogen-bond donors (Lipinski definition) is 0. The quantitative estimate of drug-likeness (QED) is 0.490. The summed E-state index contributed by atoms with van der Waals surface area (Å²) in [4.78, 5) is 39.8. The van der Waals surface area contributed by atoms with Crippen LogP contribution >= 0.6 is 0 Å². The summed E-state index contributed by atoms with van der Waals surface area (Å²) in [6.45, 7) is 0. The predicted molar refractivity (Wildman–Crippen MR) is 79.6 cm³/mol. The molecule has 1 aliphatic rings. The van der Waals surface area contributed by atoms with Crippen LogP contribution in [-0.2, 0) is 0 Å². The molecule has 3 rings (SSSR count). The minimum atomic E-state index is -1.00. The maximum absolute atomic E-state index is 11.0. The molecule has 2 aromatic carbocycles. The molecule has 0 radical (unpaired) electrons. The molecule has 0 bridgehead atoms. The number of nitro benzene ring substituents is 4. The topological polar surface area (TPSA) is 191 Å². The number of nitrogens with zero attached hydrogens (tertiary/aromatic N) is 4. The molecule has 14 heteroatoms. The third-order valence-electron chi connectivity index (χ3n) is 3.31. The molecule has 0 N–H and O–H groups in total. The third kappa shape index (κ3) is 2.56. The van der Waals surface area contributed by atoms with E-state index in [2.05, 4.69) is 0 Å². The van der Waals surface area contributed by atoms with Crippen LogP contribution in [0.4, 0.5) is 22.7 Å². The molecule has 1 heterocycles. The van der Waals surface area contributed by atoms with E-state index in [1.807, 2.05) is 0 Å². The third-order valence-corrected chi connectivity index (χ3v) is 3.31. The van der Waals surface area contributed by atoms with Gasteiger partial charge in [0, 0.05) is 0 Å². The van der Waals surface area contributed by atoms with E-state index in [1.54, 1.807) is 0 Å². The van der Waals surface area contributed by atoms with Crippen molar-refractivity contribution in [2.24, 2.45) is 0 Å². The van der Waals surface area contributed by atoms with E-state index in [0.717, 1.165) is 24.3 Å². The average Bonchev–Trinajstić information content (AvgIpc) is 2.57. The molecule has 0 unspecified atom stereocenters. The fourth-order valence-electron chi connectivity index (χ4n) is 2.22. The van der Waals surface area contributed by atoms with E-state index < -0.39 is 42.4 Å². The minimum absolute atomic E-state index is 0.307. The van der Waals surface area contributed by atoms with Crippen molar-refractivity contribution in [1.82, 2.24) is 0 Å². The molecule has 0 aliphatic carbocycles. The summed E-state index contributed by atoms with van der Waals surface area (Å²) in [6.07, 6.45) is 0. The van der Waals surface area contributed by atoms with Crippen molar-refractivity contribution >= 4 is 22.7 Å². The largest absolute Gasteiger partial charge is 0.449 e. The summed E-state index contributed by atoms with van der Waals surface area (Å²) in [5, 5.41) is 43.8. The van der Waals surface area contributed by atoms with Gasteiger partial charge in [0.15, 0.2) is 23.0 Å². The number of ether oxygens (including phenoxy) is 2. The second kappa shape index (κ2) is 5.62. The zero-order chi connectivity index (χ0) is 19.2. The minimum Gasteiger partial charge on any atom is -0.449 e. The van der Waals surface area contributed by atoms with Crippen LogP contribution in [0.25, 0.3) is 0 Å². The van der Waals surface area contributed by atoms with Crippen LogP contribution in [0.3, 0.4) is 0 Å². The van der Waals surface area contributed by atoms with Gasteiger partial charge >= 0.3 is 22.7 Å². The second-order valence-electron chi connectivity index (χ2n) is 4.81. The van der Waals surface area contributed by atoms with E-state index >= 15 is 0 Å². The molecule has 0 saturated heterocycles. The summed E-state index contributed by atoms with van der Waals surface area (Å²) in [5.74, 6) is -1.23. The van der Waals surface area contributed by atoms with Crippen molar-refractivity contribution in [1.29, 1.82) is 0 Å². The van der Waals surface area contributed by atoms with Crippen LogP contribution in [0.2, 0.25) is 0 Å². The summed E-state index contributed by atoms with van der Waals surface area (Å²) in [7, 11) is 0. The van der Waals surface area contributed by atoms with Crippen LogP contribution in [0.1, 0.15) is 0 Å². The number of hydrogen-bond acceptors (Lipinski definition) is 10. The van der Waals surface area contributed by atoms with Crippen molar-refractivity contribution in [2.75, 3.05) is 0 Å². The second-order valence-corrected chi connectivity index (χ2v) is 4.81. The lowest BCUT2D eigenvalue weighted by molar-refractivity contribution is -0.422. The van der Waals surface area contributed by atoms with Gasteiger partial charge in [-0.15, -0.1) is 0 Å². The van der Waals surface area contributed by atoms with Gasteiger partial charge in [-0.1, -0.05) is 0 Å². The predicted octanol–water partition coefficient (Wildman–Crippen LogP) is 3.22. The van der Waals surface area contributed by atoms with E-state index in [4.69, 9.17) is 9.47 Å². The van der Waals surface area contributed by atoms with Gasteiger partial charge < -0.3 is 9.47 Å². The lowest BCUT2D eigenvalue weighted by Crippen LogP contribution is -2.05. The number of nitro groups is 4. The first-order valence-corrected chi connectivity index (χ1v) is 6.48. The zero-order valence-electron chi connectivity index (χ0n) is 12.2. The van der Waals surface area contributed by atoms with E-state index in [9.17, 15) is 40.5 Å². The number of rotatable bonds is 4. The van der Waals surface area contributed by atoms with Crippen LogP contribution in [0.15, 0.2) is 24.3 Å². The Hall–Kier alpha value is -4.36. The Morgan fingerprint density at radius 2 is 0.692 bits per heavy atom. The van der Waals surface area contributed by atoms with Gasteiger partial charge in [0.25, 0.3) is 0 Å². The molecular weight excluding hydrogens is 360 g/mol. The summed E-state index contributed by atoms with van der Waals surface area (Å²) < 4.78 is 10.5. The number of fused-ring (bicyclic) bond motifs is 2. The Bertz CT molecular complexity index is 858. The molecular formula is C12H4N4O10. The molecule has 132 valence electrons. The van der Waals surface area contributed by atoms with Gasteiger partial charge in [-0.2, -0.15) is 0 Å². The fraction of sp³-hybridized carbons (Fsp3) is 0. The Labute approximate surface area is 140 Å². The van der Waals surface area contributed by atoms with Gasteiger partial charge in [-0.25, -0.2) is 0 Å². The lowest BCUT2D eigenvalue weighted by Gasteiger charge is -2.19. The Morgan fingerprint density at radius 3 is 0.846 bits per heavy atom. The van der Waals surface area contributed by atoms with E-state index in [0.29, 0.717) is 0 Å². The van der Waals surface area contributed by atoms with Gasteiger partial charge in [-0.3, -0.25) is 40.5 Å². The molecule has 0 saturated carbocycles. The lowest BCUT2D eigenvalue weighted by atomic mass is 10.2. The van der Waals surface area contributed by atoms with Gasteiger partial charge in [0.05, 0.1) is 44.0 Å². The van der Waals surface area contributed by atoms with Crippen LogP contribution < -0.4 is 9.47 Å². The SMILES string of the molecule is O=[N+]([O-])c1cc2c(cc1[N+](=O)[O-])Oc1cc([N+](=O)[O-])c([N+](=O)[O-])cc1O2. The molecule has 26 heavy (non-hydrogen) atoms. The molecule has 0 spiro atoms. The molecule has 1 aliphatic heterocycles. The maximum Gasteiger partial charge on any atom is 0.350 e. The van der Waals surface area contributed by atoms with Crippen molar-refractivity contribution in [3.8, 4) is 23.0 Å². The smallest absolute Gasteiger partial charge is 0.350 e. The molecule has 0 amide bonds. The van der Waals surface area contributed by atoms with Gasteiger partial charge in [-0.05, 0) is 0 Å². The molecule has 2 aromatic rings. The first-order chi connectivity index (χ1) is 12.2. The van der Waals surface area contributed by atoms with Crippen molar-refractivity contribution < 1.29 is 29.2 Å². The maximum atomic E-state index is 11.0. The van der Waals surface area contributed by atoms with E-state index in [1.165, 1.54) is 0 Å². The molecule has 0 atom stereocenters. The highest BCUT2D eigenvalue weighted by Gasteiger charge is 2.35. The number of benzene rings is 2. The van der Waals surface area contributed by atoms with Gasteiger partial charge in [0.2, 0.25) is 0 Å². The molecule has 0 fully saturated rings. The first kappa shape index (κ1) is 16.5. The normalized spacial score (nSPS) is 11.4. The molecule has 14 nitrogen and oxygen atoms in total. The van der Waals surface area contributed by atoms with Crippen molar-refractivity contribution in [3.05, 3.63) is 64.7 Å². The van der Waals surface area contributed by atoms with Crippen molar-refractivity contribution in [2.45, 2.75) is 0 Å². The highest BCUT2D eigenvalue weighted by molar-refractivity contribution is 5.69. The summed E-state index contributed by atoms with van der Waals surface area (Å²) in [6, 6.07) is 2.90. The summed E-state index contributed by atoms with van der Waals surface area (Å²) in [5.41, 5.74) is -3.51. The highest BCUT2D eigenvalue weighted by Crippen LogP contribution is 2.51. The monoisotopic (exact) mass is 364 g/mol. The van der Waals surface area contributed by atoms with Crippen LogP contribution in [0, 0.1) is 40.5 Å². The first-order valence-electron chi connectivity index (χ1n) is 6.48. The van der Waals surface area contributed by atoms with Gasteiger partial charge in [0.1, 0.15) is 0 Å². The highest BCUT2D eigenvalue weighted by atomic mass is 16.6. The zero-order valence-corrected chi connectivity index (χ0v) is 12.2. The van der Waals surface area contributed by atoms with Crippen molar-refractivity contribution in [3.63, 3.8) is 0 Å². The Morgan fingerprint density at radius 1 is 0.500 bits per heavy atom. The summed E-state index contributed by atoms with van der Waals surface area (Å²) >= 11 is 0. The molecule has 0 aromatic heterocycles. The Kier molecular flexibility index (Phi) is 3.57. The van der Waals surface area contributed by atoms with Crippen LogP contribution in [-0.4, -0.2) is 19.7 Å². The standard InChI is InChI=1S/C12H4N4O10/c17-13(18)5-1-9-10(2-6(5)14(19)20)26-12-4-8(16(23)24)7(15(21)22)3-11(12)25-9/h1-4H.